The molecule has 0 saturated heterocycles. The van der Waals surface area contributed by atoms with E-state index in [1.807, 2.05) is 0 Å². The highest BCUT2D eigenvalue weighted by molar-refractivity contribution is 7.91. The Morgan fingerprint density at radius 2 is 2.11 bits per heavy atom. The fourth-order valence-corrected chi connectivity index (χ4v) is 3.97. The molecule has 0 radical (unpaired) electrons. The molecule has 0 aliphatic carbocycles. The Hall–Kier alpha value is -1.40. The van der Waals surface area contributed by atoms with E-state index in [4.69, 9.17) is 5.73 Å². The van der Waals surface area contributed by atoms with Gasteiger partial charge in [0.05, 0.1) is 29.7 Å². The Balaban J connectivity index is 2.51. The van der Waals surface area contributed by atoms with Crippen molar-refractivity contribution >= 4 is 15.8 Å². The zero-order valence-corrected chi connectivity index (χ0v) is 10.9. The van der Waals surface area contributed by atoms with E-state index >= 15 is 0 Å². The van der Waals surface area contributed by atoms with Crippen LogP contribution in [0.25, 0.3) is 0 Å². The quantitative estimate of drug-likeness (QED) is 0.794. The van der Waals surface area contributed by atoms with E-state index in [1.54, 1.807) is 18.2 Å². The zero-order chi connectivity index (χ0) is 13.4. The van der Waals surface area contributed by atoms with Crippen molar-refractivity contribution in [1.82, 2.24) is 0 Å². The minimum absolute atomic E-state index is 0.0178. The summed E-state index contributed by atoms with van der Waals surface area (Å²) < 4.78 is 28.5. The average Bonchev–Trinajstić information content (AvgIpc) is 2.35. The van der Waals surface area contributed by atoms with Crippen molar-refractivity contribution in [2.45, 2.75) is 23.3 Å². The Morgan fingerprint density at radius 1 is 1.44 bits per heavy atom. The molecule has 1 aliphatic rings. The monoisotopic (exact) mass is 269 g/mol. The molecule has 6 heteroatoms. The largest absolute Gasteiger partial charge is 0.469 e. The number of benzene rings is 1. The van der Waals surface area contributed by atoms with Gasteiger partial charge in [-0.3, -0.25) is 4.79 Å². The van der Waals surface area contributed by atoms with Gasteiger partial charge in [0, 0.05) is 0 Å². The standard InChI is InChI=1S/C12H15NO4S/c1-17-11(14)8-12(13)6-7-18(15,16)10-5-3-2-4-9(10)12/h2-5H,6-8,13H2,1H3. The van der Waals surface area contributed by atoms with Crippen LogP contribution < -0.4 is 5.73 Å². The second-order valence-electron chi connectivity index (χ2n) is 4.47. The van der Waals surface area contributed by atoms with Gasteiger partial charge < -0.3 is 10.5 Å². The van der Waals surface area contributed by atoms with Gasteiger partial charge in [0.25, 0.3) is 0 Å². The average molecular weight is 269 g/mol. The minimum Gasteiger partial charge on any atom is -0.469 e. The highest BCUT2D eigenvalue weighted by Crippen LogP contribution is 2.37. The molecular weight excluding hydrogens is 254 g/mol. The molecule has 0 spiro atoms. The predicted molar refractivity (Wildman–Crippen MR) is 65.6 cm³/mol. The third-order valence-corrected chi connectivity index (χ3v) is 5.03. The maximum atomic E-state index is 11.9. The number of rotatable bonds is 2. The smallest absolute Gasteiger partial charge is 0.307 e. The van der Waals surface area contributed by atoms with E-state index < -0.39 is 21.3 Å². The number of nitrogens with two attached hydrogens (primary N) is 1. The molecule has 2 N–H and O–H groups in total. The van der Waals surface area contributed by atoms with Crippen LogP contribution in [0.3, 0.4) is 0 Å². The third-order valence-electron chi connectivity index (χ3n) is 3.26. The second kappa shape index (κ2) is 4.37. The summed E-state index contributed by atoms with van der Waals surface area (Å²) in [6.45, 7) is 0. The molecule has 0 bridgehead atoms. The van der Waals surface area contributed by atoms with Crippen LogP contribution in [0, 0.1) is 0 Å². The van der Waals surface area contributed by atoms with Gasteiger partial charge in [-0.2, -0.15) is 0 Å². The number of carbonyl (C=O) groups is 1. The lowest BCUT2D eigenvalue weighted by molar-refractivity contribution is -0.142. The highest BCUT2D eigenvalue weighted by Gasteiger charge is 2.40. The van der Waals surface area contributed by atoms with Gasteiger partial charge >= 0.3 is 5.97 Å². The molecule has 0 fully saturated rings. The number of esters is 1. The highest BCUT2D eigenvalue weighted by atomic mass is 32.2. The van der Waals surface area contributed by atoms with E-state index in [0.29, 0.717) is 5.56 Å². The lowest BCUT2D eigenvalue weighted by atomic mass is 9.85. The number of sulfone groups is 1. The summed E-state index contributed by atoms with van der Waals surface area (Å²) in [6, 6.07) is 6.57. The fraction of sp³-hybridized carbons (Fsp3) is 0.417. The first-order valence-electron chi connectivity index (χ1n) is 5.57. The van der Waals surface area contributed by atoms with Gasteiger partial charge in [-0.15, -0.1) is 0 Å². The van der Waals surface area contributed by atoms with Gasteiger partial charge in [0.1, 0.15) is 0 Å². The van der Waals surface area contributed by atoms with Gasteiger partial charge in [-0.1, -0.05) is 18.2 Å². The summed E-state index contributed by atoms with van der Waals surface area (Å²) in [5.74, 6) is -0.482. The molecule has 0 aromatic heterocycles. The summed E-state index contributed by atoms with van der Waals surface area (Å²) in [4.78, 5) is 11.6. The molecule has 0 saturated carbocycles. The summed E-state index contributed by atoms with van der Waals surface area (Å²) in [7, 11) is -2.00. The van der Waals surface area contributed by atoms with Crippen LogP contribution in [-0.2, 0) is 24.9 Å². The SMILES string of the molecule is COC(=O)CC1(N)CCS(=O)(=O)c2ccccc21. The number of ether oxygens (including phenoxy) is 1. The van der Waals surface area contributed by atoms with Crippen LogP contribution in [0.2, 0.25) is 0 Å². The van der Waals surface area contributed by atoms with E-state index in [9.17, 15) is 13.2 Å². The molecule has 1 aromatic carbocycles. The van der Waals surface area contributed by atoms with Crippen molar-refractivity contribution in [2.75, 3.05) is 12.9 Å². The summed E-state index contributed by atoms with van der Waals surface area (Å²) in [6.07, 6.45) is 0.206. The lowest BCUT2D eigenvalue weighted by Gasteiger charge is -2.34. The molecule has 98 valence electrons. The lowest BCUT2D eigenvalue weighted by Crippen LogP contribution is -2.45. The van der Waals surface area contributed by atoms with Crippen molar-refractivity contribution in [3.8, 4) is 0 Å². The van der Waals surface area contributed by atoms with Crippen molar-refractivity contribution in [3.05, 3.63) is 29.8 Å². The summed E-state index contributed by atoms with van der Waals surface area (Å²) >= 11 is 0. The Morgan fingerprint density at radius 3 is 2.78 bits per heavy atom. The van der Waals surface area contributed by atoms with E-state index in [1.165, 1.54) is 13.2 Å². The Labute approximate surface area is 106 Å². The zero-order valence-electron chi connectivity index (χ0n) is 10.0. The molecule has 2 rings (SSSR count). The Bertz CT molecular complexity index is 581. The summed E-state index contributed by atoms with van der Waals surface area (Å²) in [5, 5.41) is 0. The topological polar surface area (TPSA) is 86.5 Å². The normalized spacial score (nSPS) is 25.2. The second-order valence-corrected chi connectivity index (χ2v) is 6.55. The van der Waals surface area contributed by atoms with Crippen LogP contribution in [0.15, 0.2) is 29.2 Å². The van der Waals surface area contributed by atoms with Crippen LogP contribution >= 0.6 is 0 Å². The molecule has 1 aromatic rings. The molecular formula is C12H15NO4S. The number of hydrogen-bond donors (Lipinski definition) is 1. The minimum atomic E-state index is -3.29. The number of methoxy groups -OCH3 is 1. The summed E-state index contributed by atoms with van der Waals surface area (Å²) in [5.41, 5.74) is 5.74. The number of fused-ring (bicyclic) bond motifs is 1. The molecule has 5 nitrogen and oxygen atoms in total. The van der Waals surface area contributed by atoms with E-state index in [-0.39, 0.29) is 23.5 Å². The molecule has 1 aliphatic heterocycles. The van der Waals surface area contributed by atoms with Gasteiger partial charge in [-0.05, 0) is 18.1 Å². The van der Waals surface area contributed by atoms with Crippen LogP contribution in [0.5, 0.6) is 0 Å². The first-order valence-corrected chi connectivity index (χ1v) is 7.22. The maximum Gasteiger partial charge on any atom is 0.307 e. The van der Waals surface area contributed by atoms with Gasteiger partial charge in [-0.25, -0.2) is 8.42 Å². The van der Waals surface area contributed by atoms with Crippen LogP contribution in [0.4, 0.5) is 0 Å². The van der Waals surface area contributed by atoms with Gasteiger partial charge in [0.15, 0.2) is 9.84 Å². The van der Waals surface area contributed by atoms with Crippen LogP contribution in [-0.4, -0.2) is 27.2 Å². The third kappa shape index (κ3) is 2.13. The fourth-order valence-electron chi connectivity index (χ4n) is 2.22. The van der Waals surface area contributed by atoms with Crippen molar-refractivity contribution < 1.29 is 17.9 Å². The maximum absolute atomic E-state index is 11.9. The van der Waals surface area contributed by atoms with E-state index in [2.05, 4.69) is 4.74 Å². The predicted octanol–water partition coefficient (Wildman–Crippen LogP) is 0.581. The van der Waals surface area contributed by atoms with E-state index in [0.717, 1.165) is 0 Å². The first-order chi connectivity index (χ1) is 8.39. The number of carbonyl (C=O) groups excluding carboxylic acids is 1. The first kappa shape index (κ1) is 13.0. The molecule has 1 heterocycles. The Kier molecular flexibility index (Phi) is 3.16. The van der Waals surface area contributed by atoms with Crippen LogP contribution in [0.1, 0.15) is 18.4 Å². The molecule has 1 atom stereocenters. The molecule has 0 amide bonds. The van der Waals surface area contributed by atoms with Crippen molar-refractivity contribution in [3.63, 3.8) is 0 Å². The molecule has 18 heavy (non-hydrogen) atoms. The van der Waals surface area contributed by atoms with Crippen molar-refractivity contribution in [1.29, 1.82) is 0 Å². The number of hydrogen-bond acceptors (Lipinski definition) is 5. The van der Waals surface area contributed by atoms with Gasteiger partial charge in [0.2, 0.25) is 0 Å². The molecule has 1 unspecified atom stereocenters. The van der Waals surface area contributed by atoms with Crippen molar-refractivity contribution in [2.24, 2.45) is 5.73 Å².